The van der Waals surface area contributed by atoms with Gasteiger partial charge in [0.05, 0.1) is 6.54 Å². The molecule has 1 rings (SSSR count). The average Bonchev–Trinajstić information content (AvgIpc) is 2.75. The summed E-state index contributed by atoms with van der Waals surface area (Å²) in [5, 5.41) is 10.3. The van der Waals surface area contributed by atoms with Gasteiger partial charge in [-0.3, -0.25) is 4.99 Å². The van der Waals surface area contributed by atoms with Crippen molar-refractivity contribution in [2.75, 3.05) is 13.1 Å². The molecule has 102 valence electrons. The van der Waals surface area contributed by atoms with E-state index in [4.69, 9.17) is 4.52 Å². The molecule has 18 heavy (non-hydrogen) atoms. The maximum absolute atomic E-state index is 5.04. The van der Waals surface area contributed by atoms with Crippen molar-refractivity contribution >= 4 is 5.96 Å². The number of nitrogens with zero attached hydrogens (tertiary/aromatic N) is 3. The summed E-state index contributed by atoms with van der Waals surface area (Å²) in [6.45, 7) is 9.62. The highest BCUT2D eigenvalue weighted by molar-refractivity contribution is 5.80. The zero-order valence-corrected chi connectivity index (χ0v) is 11.7. The Morgan fingerprint density at radius 1 is 1.44 bits per heavy atom. The summed E-state index contributed by atoms with van der Waals surface area (Å²) in [6.07, 6.45) is 1.73. The molecule has 1 unspecified atom stereocenters. The number of nitrogens with one attached hydrogen (secondary N) is 2. The summed E-state index contributed by atoms with van der Waals surface area (Å²) in [4.78, 5) is 8.62. The van der Waals surface area contributed by atoms with Crippen LogP contribution in [0.1, 0.15) is 38.9 Å². The van der Waals surface area contributed by atoms with Gasteiger partial charge in [-0.25, -0.2) is 0 Å². The van der Waals surface area contributed by atoms with Crippen molar-refractivity contribution in [3.63, 3.8) is 0 Å². The van der Waals surface area contributed by atoms with Crippen LogP contribution < -0.4 is 10.6 Å². The van der Waals surface area contributed by atoms with Gasteiger partial charge in [-0.05, 0) is 27.2 Å². The maximum Gasteiger partial charge on any atom is 0.228 e. The lowest BCUT2D eigenvalue weighted by Gasteiger charge is -2.15. The molecule has 0 aromatic carbocycles. The highest BCUT2D eigenvalue weighted by Crippen LogP contribution is 1.97. The summed E-state index contributed by atoms with van der Waals surface area (Å²) in [5.74, 6) is 2.14. The zero-order valence-electron chi connectivity index (χ0n) is 11.7. The van der Waals surface area contributed by atoms with Gasteiger partial charge in [0.15, 0.2) is 11.8 Å². The monoisotopic (exact) mass is 253 g/mol. The predicted octanol–water partition coefficient (Wildman–Crippen LogP) is 1.27. The van der Waals surface area contributed by atoms with E-state index in [2.05, 4.69) is 46.5 Å². The normalized spacial score (nSPS) is 13.4. The van der Waals surface area contributed by atoms with E-state index in [0.717, 1.165) is 18.9 Å². The van der Waals surface area contributed by atoms with Gasteiger partial charge in [0, 0.05) is 19.0 Å². The molecule has 6 heteroatoms. The van der Waals surface area contributed by atoms with Crippen LogP contribution in [0.5, 0.6) is 0 Å². The summed E-state index contributed by atoms with van der Waals surface area (Å²) in [6, 6.07) is 0.411. The van der Waals surface area contributed by atoms with Crippen molar-refractivity contribution < 1.29 is 4.52 Å². The second kappa shape index (κ2) is 7.68. The fourth-order valence-electron chi connectivity index (χ4n) is 1.36. The molecule has 0 saturated heterocycles. The van der Waals surface area contributed by atoms with Crippen molar-refractivity contribution in [2.45, 2.75) is 46.6 Å². The number of rotatable bonds is 6. The Morgan fingerprint density at radius 2 is 2.22 bits per heavy atom. The quantitative estimate of drug-likeness (QED) is 0.590. The average molecular weight is 253 g/mol. The number of aryl methyl sites for hydroxylation is 1. The smallest absolute Gasteiger partial charge is 0.228 e. The molecule has 0 saturated carbocycles. The van der Waals surface area contributed by atoms with Crippen LogP contribution in [0.15, 0.2) is 9.52 Å². The fraction of sp³-hybridized carbons (Fsp3) is 0.750. The summed E-state index contributed by atoms with van der Waals surface area (Å²) < 4.78 is 5.04. The van der Waals surface area contributed by atoms with E-state index in [1.54, 1.807) is 0 Å². The first-order valence-corrected chi connectivity index (χ1v) is 6.49. The second-order valence-corrected chi connectivity index (χ2v) is 4.20. The van der Waals surface area contributed by atoms with Gasteiger partial charge in [0.2, 0.25) is 5.89 Å². The highest BCUT2D eigenvalue weighted by atomic mass is 16.5. The van der Waals surface area contributed by atoms with E-state index < -0.39 is 0 Å². The zero-order chi connectivity index (χ0) is 13.4. The largest absolute Gasteiger partial charge is 0.357 e. The van der Waals surface area contributed by atoms with E-state index in [0.29, 0.717) is 30.7 Å². The molecule has 6 nitrogen and oxygen atoms in total. The van der Waals surface area contributed by atoms with Gasteiger partial charge in [0.25, 0.3) is 0 Å². The standard InChI is InChI=1S/C12H23N5O/c1-5-9(3)15-12(13-6-2)14-8-7-11-16-10(4)17-18-11/h9H,5-8H2,1-4H3,(H2,13,14,15). The van der Waals surface area contributed by atoms with E-state index in [-0.39, 0.29) is 0 Å². The van der Waals surface area contributed by atoms with Crippen LogP contribution in [0.4, 0.5) is 0 Å². The molecule has 0 bridgehead atoms. The van der Waals surface area contributed by atoms with Crippen LogP contribution in [0.2, 0.25) is 0 Å². The Hall–Kier alpha value is -1.59. The Labute approximate surface area is 108 Å². The number of guanidine groups is 1. The Kier molecular flexibility index (Phi) is 6.18. The van der Waals surface area contributed by atoms with Gasteiger partial charge in [-0.2, -0.15) is 4.98 Å². The molecular weight excluding hydrogens is 230 g/mol. The molecule has 0 aliphatic carbocycles. The van der Waals surface area contributed by atoms with E-state index in [9.17, 15) is 0 Å². The first kappa shape index (κ1) is 14.5. The van der Waals surface area contributed by atoms with E-state index in [1.807, 2.05) is 6.92 Å². The van der Waals surface area contributed by atoms with Crippen LogP contribution in [0.25, 0.3) is 0 Å². The number of aliphatic imine (C=N–C) groups is 1. The van der Waals surface area contributed by atoms with Crippen LogP contribution in [-0.2, 0) is 6.42 Å². The third-order valence-corrected chi connectivity index (χ3v) is 2.50. The highest BCUT2D eigenvalue weighted by Gasteiger charge is 2.04. The van der Waals surface area contributed by atoms with Crippen molar-refractivity contribution in [3.8, 4) is 0 Å². The third kappa shape index (κ3) is 5.16. The van der Waals surface area contributed by atoms with Gasteiger partial charge in [-0.15, -0.1) is 0 Å². The third-order valence-electron chi connectivity index (χ3n) is 2.50. The number of hydrogen-bond acceptors (Lipinski definition) is 4. The van der Waals surface area contributed by atoms with E-state index >= 15 is 0 Å². The first-order valence-electron chi connectivity index (χ1n) is 6.49. The number of hydrogen-bond donors (Lipinski definition) is 2. The van der Waals surface area contributed by atoms with E-state index in [1.165, 1.54) is 0 Å². The van der Waals surface area contributed by atoms with Gasteiger partial charge < -0.3 is 15.2 Å². The Balaban J connectivity index is 2.44. The van der Waals surface area contributed by atoms with Crippen molar-refractivity contribution in [3.05, 3.63) is 11.7 Å². The van der Waals surface area contributed by atoms with Crippen LogP contribution in [-0.4, -0.2) is 35.2 Å². The molecular formula is C12H23N5O. The Morgan fingerprint density at radius 3 is 2.78 bits per heavy atom. The Bertz CT molecular complexity index is 374. The van der Waals surface area contributed by atoms with Crippen molar-refractivity contribution in [1.29, 1.82) is 0 Å². The summed E-state index contributed by atoms with van der Waals surface area (Å²) in [5.41, 5.74) is 0. The molecule has 2 N–H and O–H groups in total. The minimum Gasteiger partial charge on any atom is -0.357 e. The molecule has 0 radical (unpaired) electrons. The molecule has 1 atom stereocenters. The van der Waals surface area contributed by atoms with Crippen LogP contribution >= 0.6 is 0 Å². The SMILES string of the molecule is CCNC(=NCCc1nc(C)no1)NC(C)CC. The van der Waals surface area contributed by atoms with Gasteiger partial charge in [0.1, 0.15) is 0 Å². The molecule has 0 fully saturated rings. The topological polar surface area (TPSA) is 75.3 Å². The van der Waals surface area contributed by atoms with Crippen molar-refractivity contribution in [1.82, 2.24) is 20.8 Å². The van der Waals surface area contributed by atoms with Gasteiger partial charge >= 0.3 is 0 Å². The van der Waals surface area contributed by atoms with Crippen LogP contribution in [0.3, 0.4) is 0 Å². The minimum atomic E-state index is 0.411. The second-order valence-electron chi connectivity index (χ2n) is 4.20. The number of aromatic nitrogens is 2. The summed E-state index contributed by atoms with van der Waals surface area (Å²) >= 11 is 0. The lowest BCUT2D eigenvalue weighted by Crippen LogP contribution is -2.42. The first-order chi connectivity index (χ1) is 8.65. The van der Waals surface area contributed by atoms with Gasteiger partial charge in [-0.1, -0.05) is 12.1 Å². The minimum absolute atomic E-state index is 0.411. The van der Waals surface area contributed by atoms with Crippen LogP contribution in [0, 0.1) is 6.92 Å². The van der Waals surface area contributed by atoms with Crippen molar-refractivity contribution in [2.24, 2.45) is 4.99 Å². The molecule has 1 aromatic rings. The lowest BCUT2D eigenvalue weighted by molar-refractivity contribution is 0.376. The molecule has 0 amide bonds. The summed E-state index contributed by atoms with van der Waals surface area (Å²) in [7, 11) is 0. The maximum atomic E-state index is 5.04. The molecule has 0 aliphatic heterocycles. The predicted molar refractivity (Wildman–Crippen MR) is 71.6 cm³/mol. The molecule has 1 heterocycles. The fourth-order valence-corrected chi connectivity index (χ4v) is 1.36. The molecule has 0 spiro atoms. The lowest BCUT2D eigenvalue weighted by atomic mass is 10.3. The molecule has 1 aromatic heterocycles. The molecule has 0 aliphatic rings.